The first-order valence-electron chi connectivity index (χ1n) is 5.66. The van der Waals surface area contributed by atoms with Gasteiger partial charge in [0.25, 0.3) is 0 Å². The molecule has 2 aromatic rings. The average molecular weight is 328 g/mol. The van der Waals surface area contributed by atoms with E-state index in [0.717, 1.165) is 30.5 Å². The summed E-state index contributed by atoms with van der Waals surface area (Å²) in [5.74, 6) is 0.166. The SMILES string of the molecule is Fc1cc(-c2nc(Cl)c3c(n2)CCC3)ccc1Br. The lowest BCUT2D eigenvalue weighted by molar-refractivity contribution is 0.621. The molecule has 18 heavy (non-hydrogen) atoms. The van der Waals surface area contributed by atoms with Crippen molar-refractivity contribution < 1.29 is 4.39 Å². The van der Waals surface area contributed by atoms with Crippen LogP contribution in [0.2, 0.25) is 5.15 Å². The van der Waals surface area contributed by atoms with Crippen LogP contribution in [0.1, 0.15) is 17.7 Å². The van der Waals surface area contributed by atoms with Crippen LogP contribution in [0.5, 0.6) is 0 Å². The Morgan fingerprint density at radius 1 is 1.22 bits per heavy atom. The molecule has 0 N–H and O–H groups in total. The van der Waals surface area contributed by atoms with E-state index in [1.54, 1.807) is 12.1 Å². The van der Waals surface area contributed by atoms with E-state index < -0.39 is 0 Å². The second kappa shape index (κ2) is 4.59. The molecule has 0 saturated heterocycles. The third-order valence-corrected chi connectivity index (χ3v) is 4.02. The van der Waals surface area contributed by atoms with Gasteiger partial charge in [-0.3, -0.25) is 0 Å². The normalized spacial score (nSPS) is 13.7. The summed E-state index contributed by atoms with van der Waals surface area (Å²) in [6.45, 7) is 0. The van der Waals surface area contributed by atoms with Crippen molar-refractivity contribution in [3.05, 3.63) is 44.9 Å². The Balaban J connectivity index is 2.12. The smallest absolute Gasteiger partial charge is 0.161 e. The predicted octanol–water partition coefficient (Wildman–Crippen LogP) is 4.19. The Hall–Kier alpha value is -1.00. The van der Waals surface area contributed by atoms with Crippen molar-refractivity contribution in [1.82, 2.24) is 9.97 Å². The fourth-order valence-corrected chi connectivity index (χ4v) is 2.68. The molecule has 0 fully saturated rings. The first kappa shape index (κ1) is 12.1. The lowest BCUT2D eigenvalue weighted by atomic mass is 10.2. The van der Waals surface area contributed by atoms with E-state index >= 15 is 0 Å². The highest BCUT2D eigenvalue weighted by molar-refractivity contribution is 9.10. The quantitative estimate of drug-likeness (QED) is 0.734. The van der Waals surface area contributed by atoms with Gasteiger partial charge in [0.05, 0.1) is 4.47 Å². The van der Waals surface area contributed by atoms with Gasteiger partial charge < -0.3 is 0 Å². The van der Waals surface area contributed by atoms with Gasteiger partial charge in [0.1, 0.15) is 11.0 Å². The molecule has 0 unspecified atom stereocenters. The molecule has 3 rings (SSSR count). The second-order valence-corrected chi connectivity index (χ2v) is 5.46. The van der Waals surface area contributed by atoms with Crippen LogP contribution < -0.4 is 0 Å². The van der Waals surface area contributed by atoms with E-state index in [9.17, 15) is 4.39 Å². The number of nitrogens with zero attached hydrogens (tertiary/aromatic N) is 2. The number of aromatic nitrogens is 2. The van der Waals surface area contributed by atoms with E-state index in [-0.39, 0.29) is 5.82 Å². The number of rotatable bonds is 1. The van der Waals surface area contributed by atoms with Crippen molar-refractivity contribution in [2.75, 3.05) is 0 Å². The van der Waals surface area contributed by atoms with Crippen LogP contribution in [0, 0.1) is 5.82 Å². The first-order valence-corrected chi connectivity index (χ1v) is 6.83. The van der Waals surface area contributed by atoms with Crippen molar-refractivity contribution in [3.63, 3.8) is 0 Å². The minimum absolute atomic E-state index is 0.326. The molecule has 0 amide bonds. The molecule has 0 radical (unpaired) electrons. The topological polar surface area (TPSA) is 25.8 Å². The number of fused-ring (bicyclic) bond motifs is 1. The van der Waals surface area contributed by atoms with Gasteiger partial charge in [0.15, 0.2) is 5.82 Å². The molecule has 1 aromatic carbocycles. The highest BCUT2D eigenvalue weighted by Gasteiger charge is 2.19. The Morgan fingerprint density at radius 2 is 2.06 bits per heavy atom. The summed E-state index contributed by atoms with van der Waals surface area (Å²) in [6.07, 6.45) is 2.91. The number of hydrogen-bond donors (Lipinski definition) is 0. The van der Waals surface area contributed by atoms with Crippen molar-refractivity contribution in [2.24, 2.45) is 0 Å². The summed E-state index contributed by atoms with van der Waals surface area (Å²) in [4.78, 5) is 8.74. The van der Waals surface area contributed by atoms with Crippen LogP contribution in [-0.4, -0.2) is 9.97 Å². The lowest BCUT2D eigenvalue weighted by Gasteiger charge is -2.06. The second-order valence-electron chi connectivity index (χ2n) is 4.25. The van der Waals surface area contributed by atoms with Crippen molar-refractivity contribution in [2.45, 2.75) is 19.3 Å². The molecule has 1 aliphatic carbocycles. The molecule has 0 aliphatic heterocycles. The molecular formula is C13H9BrClFN2. The maximum Gasteiger partial charge on any atom is 0.161 e. The van der Waals surface area contributed by atoms with E-state index in [0.29, 0.717) is 21.0 Å². The Kier molecular flexibility index (Phi) is 3.08. The fourth-order valence-electron chi connectivity index (χ4n) is 2.15. The van der Waals surface area contributed by atoms with Gasteiger partial charge in [-0.1, -0.05) is 11.6 Å². The van der Waals surface area contributed by atoms with Crippen molar-refractivity contribution in [1.29, 1.82) is 0 Å². The van der Waals surface area contributed by atoms with Gasteiger partial charge in [-0.2, -0.15) is 0 Å². The summed E-state index contributed by atoms with van der Waals surface area (Å²) < 4.78 is 13.9. The largest absolute Gasteiger partial charge is 0.233 e. The van der Waals surface area contributed by atoms with Crippen LogP contribution in [-0.2, 0) is 12.8 Å². The van der Waals surface area contributed by atoms with E-state index in [2.05, 4.69) is 25.9 Å². The number of hydrogen-bond acceptors (Lipinski definition) is 2. The van der Waals surface area contributed by atoms with Gasteiger partial charge in [0, 0.05) is 16.8 Å². The van der Waals surface area contributed by atoms with Crippen LogP contribution in [0.15, 0.2) is 22.7 Å². The molecule has 0 atom stereocenters. The molecule has 1 aromatic heterocycles. The molecular weight excluding hydrogens is 319 g/mol. The standard InChI is InChI=1S/C13H9BrClFN2/c14-9-5-4-7(6-10(9)16)13-17-11-3-1-2-8(11)12(15)18-13/h4-6H,1-3H2. The van der Waals surface area contributed by atoms with Gasteiger partial charge >= 0.3 is 0 Å². The minimum Gasteiger partial charge on any atom is -0.233 e. The third kappa shape index (κ3) is 2.04. The van der Waals surface area contributed by atoms with Gasteiger partial charge in [-0.15, -0.1) is 0 Å². The zero-order valence-corrected chi connectivity index (χ0v) is 11.7. The van der Waals surface area contributed by atoms with Gasteiger partial charge in [-0.05, 0) is 53.4 Å². The summed E-state index contributed by atoms with van der Waals surface area (Å²) >= 11 is 9.27. The summed E-state index contributed by atoms with van der Waals surface area (Å²) in [7, 11) is 0. The molecule has 0 bridgehead atoms. The molecule has 0 spiro atoms. The molecule has 2 nitrogen and oxygen atoms in total. The molecule has 0 saturated carbocycles. The zero-order chi connectivity index (χ0) is 12.7. The summed E-state index contributed by atoms with van der Waals surface area (Å²) in [6, 6.07) is 4.84. The highest BCUT2D eigenvalue weighted by Crippen LogP contribution is 2.29. The van der Waals surface area contributed by atoms with Gasteiger partial charge in [0.2, 0.25) is 0 Å². The predicted molar refractivity (Wildman–Crippen MR) is 72.2 cm³/mol. The molecule has 1 aliphatic rings. The monoisotopic (exact) mass is 326 g/mol. The van der Waals surface area contributed by atoms with Crippen molar-refractivity contribution >= 4 is 27.5 Å². The van der Waals surface area contributed by atoms with Crippen molar-refractivity contribution in [3.8, 4) is 11.4 Å². The Labute approximate surface area is 117 Å². The van der Waals surface area contributed by atoms with E-state index in [4.69, 9.17) is 11.6 Å². The zero-order valence-electron chi connectivity index (χ0n) is 9.38. The molecule has 1 heterocycles. The fraction of sp³-hybridized carbons (Fsp3) is 0.231. The highest BCUT2D eigenvalue weighted by atomic mass is 79.9. The van der Waals surface area contributed by atoms with Crippen LogP contribution in [0.4, 0.5) is 4.39 Å². The van der Waals surface area contributed by atoms with Gasteiger partial charge in [-0.25, -0.2) is 14.4 Å². The number of aryl methyl sites for hydroxylation is 1. The minimum atomic E-state index is -0.326. The summed E-state index contributed by atoms with van der Waals surface area (Å²) in [5, 5.41) is 0.496. The van der Waals surface area contributed by atoms with E-state index in [1.807, 2.05) is 0 Å². The Bertz CT molecular complexity index is 631. The molecule has 5 heteroatoms. The number of benzene rings is 1. The number of halogens is 3. The maximum absolute atomic E-state index is 13.5. The lowest BCUT2D eigenvalue weighted by Crippen LogP contribution is -1.97. The van der Waals surface area contributed by atoms with E-state index in [1.165, 1.54) is 6.07 Å². The maximum atomic E-state index is 13.5. The first-order chi connectivity index (χ1) is 8.65. The Morgan fingerprint density at radius 3 is 2.83 bits per heavy atom. The third-order valence-electron chi connectivity index (χ3n) is 3.06. The van der Waals surface area contributed by atoms with Crippen LogP contribution in [0.25, 0.3) is 11.4 Å². The average Bonchev–Trinajstić information content (AvgIpc) is 2.81. The molecule has 92 valence electrons. The van der Waals surface area contributed by atoms with Crippen LogP contribution in [0.3, 0.4) is 0 Å². The van der Waals surface area contributed by atoms with Crippen LogP contribution >= 0.6 is 27.5 Å². The summed E-state index contributed by atoms with van der Waals surface area (Å²) in [5.41, 5.74) is 2.68.